The first-order valence-corrected chi connectivity index (χ1v) is 8.20. The fourth-order valence-electron chi connectivity index (χ4n) is 3.41. The third-order valence-corrected chi connectivity index (χ3v) is 4.60. The molecule has 3 rings (SSSR count). The molecule has 0 amide bonds. The van der Waals surface area contributed by atoms with Crippen LogP contribution in [0.2, 0.25) is 0 Å². The van der Waals surface area contributed by atoms with Crippen LogP contribution in [0.15, 0.2) is 48.8 Å². The van der Waals surface area contributed by atoms with Crippen LogP contribution >= 0.6 is 0 Å². The number of carboxylic acid groups (broad SMARTS) is 1. The average molecular weight is 326 g/mol. The predicted octanol–water partition coefficient (Wildman–Crippen LogP) is 2.98. The molecule has 1 aromatic heterocycles. The molecule has 2 atom stereocenters. The summed E-state index contributed by atoms with van der Waals surface area (Å²) in [6.45, 7) is 1.44. The predicted molar refractivity (Wildman–Crippen MR) is 91.0 cm³/mol. The minimum atomic E-state index is -0.709. The SMILES string of the molecule is COc1cccc(C(c2ccncc2)N2CCCC(C(=O)O)C2)c1. The van der Waals surface area contributed by atoms with Crippen molar-refractivity contribution in [3.63, 3.8) is 0 Å². The van der Waals surface area contributed by atoms with Crippen molar-refractivity contribution in [3.8, 4) is 5.75 Å². The summed E-state index contributed by atoms with van der Waals surface area (Å²) in [6, 6.07) is 12.0. The molecule has 0 bridgehead atoms. The van der Waals surface area contributed by atoms with Crippen molar-refractivity contribution in [1.82, 2.24) is 9.88 Å². The highest BCUT2D eigenvalue weighted by Gasteiger charge is 2.31. The maximum absolute atomic E-state index is 11.4. The molecule has 1 N–H and O–H groups in total. The van der Waals surface area contributed by atoms with Gasteiger partial charge in [0.2, 0.25) is 0 Å². The first-order valence-electron chi connectivity index (χ1n) is 8.20. The number of rotatable bonds is 5. The van der Waals surface area contributed by atoms with Gasteiger partial charge in [0.15, 0.2) is 0 Å². The molecule has 0 spiro atoms. The van der Waals surface area contributed by atoms with Gasteiger partial charge in [0.05, 0.1) is 19.1 Å². The van der Waals surface area contributed by atoms with E-state index in [1.807, 2.05) is 30.3 Å². The average Bonchev–Trinajstić information content (AvgIpc) is 2.63. The van der Waals surface area contributed by atoms with E-state index in [2.05, 4.69) is 16.0 Å². The van der Waals surface area contributed by atoms with Gasteiger partial charge in [-0.05, 0) is 54.8 Å². The monoisotopic (exact) mass is 326 g/mol. The van der Waals surface area contributed by atoms with Crippen LogP contribution in [-0.4, -0.2) is 41.2 Å². The van der Waals surface area contributed by atoms with Crippen molar-refractivity contribution in [2.45, 2.75) is 18.9 Å². The number of piperidine rings is 1. The maximum atomic E-state index is 11.4. The van der Waals surface area contributed by atoms with Crippen LogP contribution in [0.5, 0.6) is 5.75 Å². The number of ether oxygens (including phenoxy) is 1. The summed E-state index contributed by atoms with van der Waals surface area (Å²) in [5.74, 6) is -0.217. The van der Waals surface area contributed by atoms with Gasteiger partial charge >= 0.3 is 5.97 Å². The van der Waals surface area contributed by atoms with Crippen molar-refractivity contribution < 1.29 is 14.6 Å². The number of methoxy groups -OCH3 is 1. The van der Waals surface area contributed by atoms with Gasteiger partial charge in [-0.25, -0.2) is 0 Å². The number of nitrogens with zero attached hydrogens (tertiary/aromatic N) is 2. The number of likely N-dealkylation sites (tertiary alicyclic amines) is 1. The van der Waals surface area contributed by atoms with Gasteiger partial charge in [0.1, 0.15) is 5.75 Å². The van der Waals surface area contributed by atoms with E-state index in [0.29, 0.717) is 6.54 Å². The Morgan fingerprint density at radius 2 is 2.08 bits per heavy atom. The smallest absolute Gasteiger partial charge is 0.307 e. The molecule has 2 heterocycles. The first-order chi connectivity index (χ1) is 11.7. The van der Waals surface area contributed by atoms with E-state index in [1.54, 1.807) is 19.5 Å². The Hall–Kier alpha value is -2.40. The Balaban J connectivity index is 1.97. The van der Waals surface area contributed by atoms with E-state index in [4.69, 9.17) is 4.74 Å². The van der Waals surface area contributed by atoms with Crippen molar-refractivity contribution in [2.24, 2.45) is 5.92 Å². The second-order valence-electron chi connectivity index (χ2n) is 6.13. The number of aromatic nitrogens is 1. The van der Waals surface area contributed by atoms with E-state index in [0.717, 1.165) is 36.3 Å². The molecule has 0 aliphatic carbocycles. The Labute approximate surface area is 141 Å². The van der Waals surface area contributed by atoms with Gasteiger partial charge in [-0.3, -0.25) is 14.7 Å². The lowest BCUT2D eigenvalue weighted by atomic mass is 9.92. The lowest BCUT2D eigenvalue weighted by Crippen LogP contribution is -2.41. The second kappa shape index (κ2) is 7.45. The van der Waals surface area contributed by atoms with Crippen LogP contribution in [0.1, 0.15) is 30.0 Å². The maximum Gasteiger partial charge on any atom is 0.307 e. The molecule has 1 aliphatic heterocycles. The lowest BCUT2D eigenvalue weighted by molar-refractivity contribution is -0.143. The van der Waals surface area contributed by atoms with Gasteiger partial charge in [-0.2, -0.15) is 0 Å². The highest BCUT2D eigenvalue weighted by atomic mass is 16.5. The summed E-state index contributed by atoms with van der Waals surface area (Å²) in [5.41, 5.74) is 2.22. The summed E-state index contributed by atoms with van der Waals surface area (Å²) in [4.78, 5) is 17.8. The summed E-state index contributed by atoms with van der Waals surface area (Å²) in [5, 5.41) is 9.40. The second-order valence-corrected chi connectivity index (χ2v) is 6.13. The number of aliphatic carboxylic acids is 1. The number of carbonyl (C=O) groups is 1. The van der Waals surface area contributed by atoms with Crippen molar-refractivity contribution in [1.29, 1.82) is 0 Å². The molecular formula is C19H22N2O3. The molecule has 1 aromatic carbocycles. The molecule has 24 heavy (non-hydrogen) atoms. The van der Waals surface area contributed by atoms with Gasteiger partial charge in [0.25, 0.3) is 0 Å². The highest BCUT2D eigenvalue weighted by Crippen LogP contribution is 2.33. The number of hydrogen-bond acceptors (Lipinski definition) is 4. The van der Waals surface area contributed by atoms with Crippen LogP contribution in [0.3, 0.4) is 0 Å². The van der Waals surface area contributed by atoms with E-state index in [-0.39, 0.29) is 12.0 Å². The fourth-order valence-corrected chi connectivity index (χ4v) is 3.41. The zero-order valence-electron chi connectivity index (χ0n) is 13.8. The summed E-state index contributed by atoms with van der Waals surface area (Å²) in [6.07, 6.45) is 5.19. The molecular weight excluding hydrogens is 304 g/mol. The number of hydrogen-bond donors (Lipinski definition) is 1. The zero-order valence-corrected chi connectivity index (χ0v) is 13.8. The quantitative estimate of drug-likeness (QED) is 0.915. The minimum absolute atomic E-state index is 0.00486. The number of pyridine rings is 1. The third kappa shape index (κ3) is 3.57. The topological polar surface area (TPSA) is 62.7 Å². The van der Waals surface area contributed by atoms with E-state index in [1.165, 1.54) is 0 Å². The molecule has 0 saturated carbocycles. The third-order valence-electron chi connectivity index (χ3n) is 4.60. The molecule has 0 radical (unpaired) electrons. The lowest BCUT2D eigenvalue weighted by Gasteiger charge is -2.37. The van der Waals surface area contributed by atoms with Gasteiger partial charge in [-0.1, -0.05) is 12.1 Å². The molecule has 126 valence electrons. The van der Waals surface area contributed by atoms with Crippen molar-refractivity contribution in [3.05, 3.63) is 59.9 Å². The molecule has 1 fully saturated rings. The normalized spacial score (nSPS) is 19.6. The fraction of sp³-hybridized carbons (Fsp3) is 0.368. The first kappa shape index (κ1) is 16.5. The van der Waals surface area contributed by atoms with Crippen LogP contribution in [0.4, 0.5) is 0 Å². The van der Waals surface area contributed by atoms with E-state index < -0.39 is 5.97 Å². The highest BCUT2D eigenvalue weighted by molar-refractivity contribution is 5.70. The van der Waals surface area contributed by atoms with Gasteiger partial charge in [-0.15, -0.1) is 0 Å². The van der Waals surface area contributed by atoms with E-state index in [9.17, 15) is 9.90 Å². The summed E-state index contributed by atoms with van der Waals surface area (Å²) >= 11 is 0. The van der Waals surface area contributed by atoms with Crippen molar-refractivity contribution in [2.75, 3.05) is 20.2 Å². The van der Waals surface area contributed by atoms with Gasteiger partial charge in [0, 0.05) is 18.9 Å². The Bertz CT molecular complexity index is 690. The molecule has 2 unspecified atom stereocenters. The zero-order chi connectivity index (χ0) is 16.9. The van der Waals surface area contributed by atoms with Crippen LogP contribution < -0.4 is 4.74 Å². The van der Waals surface area contributed by atoms with Gasteiger partial charge < -0.3 is 9.84 Å². The Morgan fingerprint density at radius 3 is 2.79 bits per heavy atom. The molecule has 5 heteroatoms. The number of benzene rings is 1. The summed E-state index contributed by atoms with van der Waals surface area (Å²) < 4.78 is 5.36. The largest absolute Gasteiger partial charge is 0.497 e. The Morgan fingerprint density at radius 1 is 1.29 bits per heavy atom. The molecule has 2 aromatic rings. The van der Waals surface area contributed by atoms with Crippen LogP contribution in [0, 0.1) is 5.92 Å². The standard InChI is InChI=1S/C19H22N2O3/c1-24-17-6-2-4-15(12-17)18(14-7-9-20-10-8-14)21-11-3-5-16(13-21)19(22)23/h2,4,6-10,12,16,18H,3,5,11,13H2,1H3,(H,22,23). The van der Waals surface area contributed by atoms with E-state index >= 15 is 0 Å². The van der Waals surface area contributed by atoms with Crippen LogP contribution in [-0.2, 0) is 4.79 Å². The van der Waals surface area contributed by atoms with Crippen molar-refractivity contribution >= 4 is 5.97 Å². The molecule has 1 aliphatic rings. The molecule has 5 nitrogen and oxygen atoms in total. The van der Waals surface area contributed by atoms with Crippen LogP contribution in [0.25, 0.3) is 0 Å². The molecule has 1 saturated heterocycles. The minimum Gasteiger partial charge on any atom is -0.497 e. The number of carboxylic acids is 1. The summed E-state index contributed by atoms with van der Waals surface area (Å²) in [7, 11) is 1.65. The Kier molecular flexibility index (Phi) is 5.11.